The van der Waals surface area contributed by atoms with Crippen molar-refractivity contribution in [2.24, 2.45) is 11.8 Å². The molecule has 4 unspecified atom stereocenters. The summed E-state index contributed by atoms with van der Waals surface area (Å²) >= 11 is 5.85. The number of sulfonamides is 1. The Kier molecular flexibility index (Phi) is 6.62. The van der Waals surface area contributed by atoms with E-state index in [0.29, 0.717) is 29.4 Å². The van der Waals surface area contributed by atoms with Crippen molar-refractivity contribution < 1.29 is 8.42 Å². The quantitative estimate of drug-likeness (QED) is 0.730. The van der Waals surface area contributed by atoms with Crippen LogP contribution in [0.15, 0.2) is 29.2 Å². The molecule has 7 heteroatoms. The zero-order valence-electron chi connectivity index (χ0n) is 15.7. The minimum absolute atomic E-state index is 0.275. The van der Waals surface area contributed by atoms with Gasteiger partial charge in [-0.15, -0.1) is 0 Å². The lowest BCUT2D eigenvalue weighted by atomic mass is 9.75. The van der Waals surface area contributed by atoms with Gasteiger partial charge in [-0.3, -0.25) is 4.90 Å². The molecule has 0 aromatic heterocycles. The lowest BCUT2D eigenvalue weighted by molar-refractivity contribution is -0.00911. The Balaban J connectivity index is 1.57. The molecule has 3 fully saturated rings. The zero-order valence-corrected chi connectivity index (χ0v) is 17.3. The molecule has 3 saturated heterocycles. The Bertz CT molecular complexity index is 691. The maximum Gasteiger partial charge on any atom is 0.240 e. The summed E-state index contributed by atoms with van der Waals surface area (Å²) in [5.41, 5.74) is 0. The van der Waals surface area contributed by atoms with E-state index in [1.807, 2.05) is 0 Å². The highest BCUT2D eigenvalue weighted by atomic mass is 35.5. The van der Waals surface area contributed by atoms with Gasteiger partial charge in [-0.2, -0.15) is 0 Å². The molecule has 3 heterocycles. The maximum absolute atomic E-state index is 12.5. The monoisotopic (exact) mass is 399 g/mol. The molecule has 2 bridgehead atoms. The van der Waals surface area contributed by atoms with E-state index in [4.69, 9.17) is 11.6 Å². The van der Waals surface area contributed by atoms with Crippen LogP contribution in [0.4, 0.5) is 0 Å². The van der Waals surface area contributed by atoms with Crippen LogP contribution in [0.3, 0.4) is 0 Å². The summed E-state index contributed by atoms with van der Waals surface area (Å²) in [5.74, 6) is 1.43. The largest absolute Gasteiger partial charge is 0.304 e. The second-order valence-corrected chi connectivity index (χ2v) is 9.69. The van der Waals surface area contributed by atoms with Crippen LogP contribution in [0.1, 0.15) is 26.7 Å². The van der Waals surface area contributed by atoms with E-state index >= 15 is 0 Å². The predicted octanol–water partition coefficient (Wildman–Crippen LogP) is 2.67. The first-order valence-corrected chi connectivity index (χ1v) is 11.5. The van der Waals surface area contributed by atoms with Crippen molar-refractivity contribution in [1.82, 2.24) is 14.5 Å². The molecule has 1 aromatic carbocycles. The SMILES string of the molecule is CCN(CC)CC1CN2CCC1CC2CNS(=O)(=O)c1ccc(Cl)cc1. The van der Waals surface area contributed by atoms with Crippen LogP contribution in [-0.2, 0) is 10.0 Å². The summed E-state index contributed by atoms with van der Waals surface area (Å²) in [4.78, 5) is 5.26. The zero-order chi connectivity index (χ0) is 18.7. The third kappa shape index (κ3) is 4.60. The summed E-state index contributed by atoms with van der Waals surface area (Å²) in [6, 6.07) is 6.64. The number of hydrogen-bond acceptors (Lipinski definition) is 4. The Morgan fingerprint density at radius 1 is 1.23 bits per heavy atom. The minimum Gasteiger partial charge on any atom is -0.304 e. The number of rotatable bonds is 8. The molecule has 3 aliphatic rings. The number of benzene rings is 1. The average Bonchev–Trinajstić information content (AvgIpc) is 2.65. The summed E-state index contributed by atoms with van der Waals surface area (Å²) in [7, 11) is -3.48. The molecule has 0 radical (unpaired) electrons. The van der Waals surface area contributed by atoms with Gasteiger partial charge in [-0.1, -0.05) is 25.4 Å². The molecular formula is C19H30ClN3O2S. The third-order valence-electron chi connectivity index (χ3n) is 6.03. The number of halogens is 1. The van der Waals surface area contributed by atoms with Gasteiger partial charge >= 0.3 is 0 Å². The molecule has 146 valence electrons. The van der Waals surface area contributed by atoms with Crippen LogP contribution in [-0.4, -0.2) is 63.5 Å². The molecule has 4 rings (SSSR count). The van der Waals surface area contributed by atoms with Gasteiger partial charge in [0.15, 0.2) is 0 Å². The van der Waals surface area contributed by atoms with Gasteiger partial charge in [-0.05, 0) is 68.6 Å². The molecule has 0 saturated carbocycles. The maximum atomic E-state index is 12.5. The van der Waals surface area contributed by atoms with Gasteiger partial charge in [0.05, 0.1) is 4.90 Å². The fourth-order valence-electron chi connectivity index (χ4n) is 4.39. The van der Waals surface area contributed by atoms with Gasteiger partial charge < -0.3 is 4.90 Å². The van der Waals surface area contributed by atoms with Gasteiger partial charge in [0.2, 0.25) is 10.0 Å². The third-order valence-corrected chi connectivity index (χ3v) is 7.73. The van der Waals surface area contributed by atoms with Crippen molar-refractivity contribution in [2.75, 3.05) is 39.3 Å². The van der Waals surface area contributed by atoms with Crippen molar-refractivity contribution >= 4 is 21.6 Å². The Morgan fingerprint density at radius 3 is 2.50 bits per heavy atom. The Morgan fingerprint density at radius 2 is 1.92 bits per heavy atom. The number of nitrogens with zero attached hydrogens (tertiary/aromatic N) is 2. The standard InChI is InChI=1S/C19H30ClN3O2S/c1-3-22(4-2)13-16-14-23-10-9-15(16)11-18(23)12-21-26(24,25)19-7-5-17(20)6-8-19/h5-8,15-16,18,21H,3-4,9-14H2,1-2H3. The van der Waals surface area contributed by atoms with Crippen LogP contribution in [0.25, 0.3) is 0 Å². The minimum atomic E-state index is -3.48. The molecule has 3 aliphatic heterocycles. The van der Waals surface area contributed by atoms with Gasteiger partial charge in [-0.25, -0.2) is 13.1 Å². The number of nitrogens with one attached hydrogen (secondary N) is 1. The van der Waals surface area contributed by atoms with Crippen molar-refractivity contribution in [3.8, 4) is 0 Å². The molecule has 0 amide bonds. The van der Waals surface area contributed by atoms with Crippen LogP contribution in [0.5, 0.6) is 0 Å². The number of fused-ring (bicyclic) bond motifs is 3. The normalized spacial score (nSPS) is 28.6. The smallest absolute Gasteiger partial charge is 0.240 e. The van der Waals surface area contributed by atoms with Crippen LogP contribution in [0, 0.1) is 11.8 Å². The van der Waals surface area contributed by atoms with Gasteiger partial charge in [0, 0.05) is 30.7 Å². The first kappa shape index (κ1) is 20.1. The highest BCUT2D eigenvalue weighted by Crippen LogP contribution is 2.36. The van der Waals surface area contributed by atoms with E-state index in [1.54, 1.807) is 24.3 Å². The van der Waals surface area contributed by atoms with Crippen LogP contribution >= 0.6 is 11.6 Å². The van der Waals surface area contributed by atoms with Crippen LogP contribution in [0.2, 0.25) is 5.02 Å². The lowest BCUT2D eigenvalue weighted by Gasteiger charge is -2.50. The summed E-state index contributed by atoms with van der Waals surface area (Å²) in [5, 5.41) is 0.541. The number of hydrogen-bond donors (Lipinski definition) is 1. The highest BCUT2D eigenvalue weighted by Gasteiger charge is 2.40. The second-order valence-electron chi connectivity index (χ2n) is 7.48. The average molecular weight is 400 g/mol. The van der Waals surface area contributed by atoms with Gasteiger partial charge in [0.1, 0.15) is 0 Å². The van der Waals surface area contributed by atoms with E-state index in [0.717, 1.165) is 39.1 Å². The Labute approximate surface area is 162 Å². The highest BCUT2D eigenvalue weighted by molar-refractivity contribution is 7.89. The van der Waals surface area contributed by atoms with E-state index in [2.05, 4.69) is 28.4 Å². The van der Waals surface area contributed by atoms with E-state index in [9.17, 15) is 8.42 Å². The molecular weight excluding hydrogens is 370 g/mol. The van der Waals surface area contributed by atoms with E-state index in [-0.39, 0.29) is 4.90 Å². The van der Waals surface area contributed by atoms with Crippen molar-refractivity contribution in [1.29, 1.82) is 0 Å². The fraction of sp³-hybridized carbons (Fsp3) is 0.684. The molecule has 1 aromatic rings. The second kappa shape index (κ2) is 8.57. The lowest BCUT2D eigenvalue weighted by Crippen LogP contribution is -2.58. The molecule has 1 N–H and O–H groups in total. The van der Waals surface area contributed by atoms with E-state index < -0.39 is 10.0 Å². The first-order chi connectivity index (χ1) is 12.4. The van der Waals surface area contributed by atoms with E-state index in [1.165, 1.54) is 6.42 Å². The Hall–Kier alpha value is -0.660. The molecule has 0 aliphatic carbocycles. The van der Waals surface area contributed by atoms with Gasteiger partial charge in [0.25, 0.3) is 0 Å². The summed E-state index contributed by atoms with van der Waals surface area (Å²) < 4.78 is 27.8. The van der Waals surface area contributed by atoms with Crippen molar-refractivity contribution in [3.63, 3.8) is 0 Å². The number of piperidine rings is 3. The van der Waals surface area contributed by atoms with Crippen molar-refractivity contribution in [3.05, 3.63) is 29.3 Å². The summed E-state index contributed by atoms with van der Waals surface area (Å²) in [6.45, 7) is 10.5. The fourth-order valence-corrected chi connectivity index (χ4v) is 5.58. The van der Waals surface area contributed by atoms with Crippen molar-refractivity contribution in [2.45, 2.75) is 37.6 Å². The van der Waals surface area contributed by atoms with Crippen LogP contribution < -0.4 is 4.72 Å². The molecule has 0 spiro atoms. The molecule has 26 heavy (non-hydrogen) atoms. The topological polar surface area (TPSA) is 52.6 Å². The predicted molar refractivity (Wildman–Crippen MR) is 106 cm³/mol. The first-order valence-electron chi connectivity index (χ1n) is 9.64. The molecule has 5 nitrogen and oxygen atoms in total. The summed E-state index contributed by atoms with van der Waals surface area (Å²) in [6.07, 6.45) is 2.33. The molecule has 4 atom stereocenters.